The highest BCUT2D eigenvalue weighted by Gasteiger charge is 2.45. The molecule has 1 aliphatic heterocycles. The van der Waals surface area contributed by atoms with Gasteiger partial charge in [-0.3, -0.25) is 4.79 Å². The summed E-state index contributed by atoms with van der Waals surface area (Å²) >= 11 is 1.55. The van der Waals surface area contributed by atoms with Crippen LogP contribution in [0.1, 0.15) is 38.8 Å². The van der Waals surface area contributed by atoms with Crippen molar-refractivity contribution in [1.29, 1.82) is 0 Å². The number of fused-ring (bicyclic) bond motifs is 2. The largest absolute Gasteiger partial charge is 0.508 e. The molecule has 2 aliphatic rings. The number of Topliss-reactive ketones (excluding diaryl/α,β-unsaturated/α-hetero) is 1. The third-order valence-electron chi connectivity index (χ3n) is 4.83. The van der Waals surface area contributed by atoms with Crippen LogP contribution in [0.15, 0.2) is 41.2 Å². The van der Waals surface area contributed by atoms with Crippen molar-refractivity contribution in [3.8, 4) is 5.75 Å². The summed E-state index contributed by atoms with van der Waals surface area (Å²) in [5, 5.41) is 19.1. The zero-order valence-corrected chi connectivity index (χ0v) is 15.9. The molecule has 26 heavy (non-hydrogen) atoms. The summed E-state index contributed by atoms with van der Waals surface area (Å²) in [7, 11) is 0. The van der Waals surface area contributed by atoms with Gasteiger partial charge in [-0.15, -0.1) is 5.10 Å². The van der Waals surface area contributed by atoms with E-state index in [0.29, 0.717) is 23.1 Å². The molecule has 2 aromatic rings. The number of rotatable bonds is 3. The van der Waals surface area contributed by atoms with Crippen molar-refractivity contribution in [2.45, 2.75) is 38.4 Å². The molecule has 2 N–H and O–H groups in total. The Balaban J connectivity index is 1.91. The molecule has 0 saturated heterocycles. The number of nitrogens with one attached hydrogen (secondary N) is 1. The first kappa shape index (κ1) is 17.1. The van der Waals surface area contributed by atoms with E-state index in [-0.39, 0.29) is 16.9 Å². The van der Waals surface area contributed by atoms with Gasteiger partial charge in [0, 0.05) is 17.7 Å². The first-order chi connectivity index (χ1) is 12.4. The van der Waals surface area contributed by atoms with Gasteiger partial charge in [0.2, 0.25) is 11.1 Å². The van der Waals surface area contributed by atoms with E-state index in [1.165, 1.54) is 0 Å². The van der Waals surface area contributed by atoms with Gasteiger partial charge in [-0.2, -0.15) is 4.98 Å². The molecule has 0 spiro atoms. The van der Waals surface area contributed by atoms with Crippen LogP contribution in [0.5, 0.6) is 5.75 Å². The maximum Gasteiger partial charge on any atom is 0.227 e. The van der Waals surface area contributed by atoms with Gasteiger partial charge >= 0.3 is 0 Å². The van der Waals surface area contributed by atoms with Crippen molar-refractivity contribution >= 4 is 23.5 Å². The Morgan fingerprint density at radius 3 is 2.88 bits per heavy atom. The lowest BCUT2D eigenvalue weighted by atomic mass is 9.72. The van der Waals surface area contributed by atoms with Crippen molar-refractivity contribution in [3.05, 3.63) is 41.6 Å². The van der Waals surface area contributed by atoms with Crippen molar-refractivity contribution < 1.29 is 9.90 Å². The van der Waals surface area contributed by atoms with Crippen molar-refractivity contribution in [2.24, 2.45) is 11.3 Å². The van der Waals surface area contributed by atoms with Crippen LogP contribution in [0.4, 0.5) is 5.95 Å². The zero-order valence-electron chi connectivity index (χ0n) is 15.1. The minimum atomic E-state index is -0.402. The monoisotopic (exact) mass is 370 g/mol. The summed E-state index contributed by atoms with van der Waals surface area (Å²) in [4.78, 5) is 17.6. The quantitative estimate of drug-likeness (QED) is 0.804. The van der Waals surface area contributed by atoms with Gasteiger partial charge in [-0.1, -0.05) is 56.8 Å². The Morgan fingerprint density at radius 1 is 1.38 bits per heavy atom. The fourth-order valence-corrected chi connectivity index (χ4v) is 4.40. The van der Waals surface area contributed by atoms with Crippen molar-refractivity contribution in [2.75, 3.05) is 11.1 Å². The van der Waals surface area contributed by atoms with Crippen LogP contribution in [0.2, 0.25) is 0 Å². The number of carbonyl (C=O) groups excluding carboxylic acids is 1. The summed E-state index contributed by atoms with van der Waals surface area (Å²) < 4.78 is 1.76. The fourth-order valence-electron chi connectivity index (χ4n) is 3.85. The lowest BCUT2D eigenvalue weighted by Gasteiger charge is -2.40. The average Bonchev–Trinajstić information content (AvgIpc) is 2.95. The third-order valence-corrected chi connectivity index (χ3v) is 5.55. The second-order valence-electron chi connectivity index (χ2n) is 7.43. The SMILES string of the molecule is CCSc1nc2n(n1)[C@H](c1ccccc1O)[C@H]1C(=O)CC(C)(C)C=C1N2. The first-order valence-corrected chi connectivity index (χ1v) is 9.78. The number of aromatic hydroxyl groups is 1. The molecule has 0 amide bonds. The zero-order chi connectivity index (χ0) is 18.5. The standard InChI is InChI=1S/C19H22N4O2S/c1-4-26-18-21-17-20-12-9-19(2,3)10-14(25)15(12)16(23(17)22-18)11-7-5-6-8-13(11)24/h5-9,15-16,24H,4,10H2,1-3H3,(H,20,21,22)/t15-,16-/m1/s1. The molecule has 7 heteroatoms. The molecule has 0 fully saturated rings. The summed E-state index contributed by atoms with van der Waals surface area (Å²) in [5.74, 6) is 1.40. The minimum absolute atomic E-state index is 0.152. The van der Waals surface area contributed by atoms with E-state index in [9.17, 15) is 9.90 Å². The predicted octanol–water partition coefficient (Wildman–Crippen LogP) is 3.61. The summed E-state index contributed by atoms with van der Waals surface area (Å²) in [6, 6.07) is 6.75. The Bertz CT molecular complexity index is 903. The number of nitrogens with zero attached hydrogens (tertiary/aromatic N) is 3. The van der Waals surface area contributed by atoms with E-state index in [4.69, 9.17) is 0 Å². The highest BCUT2D eigenvalue weighted by atomic mass is 32.2. The minimum Gasteiger partial charge on any atom is -0.508 e. The first-order valence-electron chi connectivity index (χ1n) is 8.79. The normalized spacial score (nSPS) is 23.7. The smallest absolute Gasteiger partial charge is 0.227 e. The second-order valence-corrected chi connectivity index (χ2v) is 8.66. The number of hydrogen-bond acceptors (Lipinski definition) is 6. The molecular formula is C19H22N4O2S. The lowest BCUT2D eigenvalue weighted by molar-refractivity contribution is -0.125. The molecule has 1 aromatic heterocycles. The molecule has 1 aliphatic carbocycles. The number of aromatic nitrogens is 3. The number of phenols is 1. The number of thioether (sulfide) groups is 1. The van der Waals surface area contributed by atoms with Gasteiger partial charge in [0.05, 0.1) is 12.0 Å². The fraction of sp³-hybridized carbons (Fsp3) is 0.421. The second kappa shape index (κ2) is 6.16. The van der Waals surface area contributed by atoms with Crippen LogP contribution in [0.25, 0.3) is 0 Å². The maximum atomic E-state index is 13.1. The molecule has 1 aromatic carbocycles. The lowest BCUT2D eigenvalue weighted by Crippen LogP contribution is -2.42. The summed E-state index contributed by atoms with van der Waals surface area (Å²) in [6.45, 7) is 6.16. The summed E-state index contributed by atoms with van der Waals surface area (Å²) in [5.41, 5.74) is 1.34. The molecule has 0 radical (unpaired) electrons. The molecule has 2 heterocycles. The Hall–Kier alpha value is -2.28. The number of anilines is 1. The van der Waals surface area contributed by atoms with Crippen LogP contribution in [-0.2, 0) is 4.79 Å². The molecular weight excluding hydrogens is 348 g/mol. The molecule has 0 unspecified atom stereocenters. The molecule has 6 nitrogen and oxygen atoms in total. The van der Waals surface area contributed by atoms with Gasteiger partial charge in [0.25, 0.3) is 0 Å². The van der Waals surface area contributed by atoms with Crippen LogP contribution < -0.4 is 5.32 Å². The van der Waals surface area contributed by atoms with E-state index in [0.717, 1.165) is 11.4 Å². The molecule has 0 saturated carbocycles. The topological polar surface area (TPSA) is 80.0 Å². The van der Waals surface area contributed by atoms with Crippen LogP contribution >= 0.6 is 11.8 Å². The molecule has 0 bridgehead atoms. The van der Waals surface area contributed by atoms with Gasteiger partial charge in [-0.25, -0.2) is 4.68 Å². The van der Waals surface area contributed by atoms with E-state index in [2.05, 4.69) is 35.3 Å². The third kappa shape index (κ3) is 2.80. The van der Waals surface area contributed by atoms with Crippen molar-refractivity contribution in [3.63, 3.8) is 0 Å². The van der Waals surface area contributed by atoms with Gasteiger partial charge < -0.3 is 10.4 Å². The van der Waals surface area contributed by atoms with Gasteiger partial charge in [-0.05, 0) is 17.2 Å². The number of carbonyl (C=O) groups is 1. The van der Waals surface area contributed by atoms with Crippen LogP contribution in [0, 0.1) is 11.3 Å². The summed E-state index contributed by atoms with van der Waals surface area (Å²) in [6.07, 6.45) is 2.59. The van der Waals surface area contributed by atoms with Crippen LogP contribution in [0.3, 0.4) is 0 Å². The van der Waals surface area contributed by atoms with E-state index < -0.39 is 12.0 Å². The van der Waals surface area contributed by atoms with Crippen LogP contribution in [-0.4, -0.2) is 31.4 Å². The molecule has 136 valence electrons. The number of hydrogen-bond donors (Lipinski definition) is 2. The maximum absolute atomic E-state index is 13.1. The number of allylic oxidation sites excluding steroid dienone is 2. The number of ketones is 1. The Labute approximate surface area is 156 Å². The number of benzene rings is 1. The highest BCUT2D eigenvalue weighted by molar-refractivity contribution is 7.99. The molecule has 2 atom stereocenters. The van der Waals surface area contributed by atoms with E-state index in [1.54, 1.807) is 28.6 Å². The average molecular weight is 370 g/mol. The van der Waals surface area contributed by atoms with E-state index >= 15 is 0 Å². The predicted molar refractivity (Wildman–Crippen MR) is 101 cm³/mol. The van der Waals surface area contributed by atoms with Crippen molar-refractivity contribution in [1.82, 2.24) is 14.8 Å². The van der Waals surface area contributed by atoms with E-state index in [1.807, 2.05) is 19.1 Å². The number of phenolic OH excluding ortho intramolecular Hbond substituents is 1. The van der Waals surface area contributed by atoms with Gasteiger partial charge in [0.15, 0.2) is 0 Å². The number of para-hydroxylation sites is 1. The highest BCUT2D eigenvalue weighted by Crippen LogP contribution is 2.47. The van der Waals surface area contributed by atoms with Gasteiger partial charge in [0.1, 0.15) is 11.5 Å². The Kier molecular flexibility index (Phi) is 4.06. The molecule has 4 rings (SSSR count). The Morgan fingerprint density at radius 2 is 2.15 bits per heavy atom.